The monoisotopic (exact) mass is 380 g/mol. The summed E-state index contributed by atoms with van der Waals surface area (Å²) in [5.41, 5.74) is 1.47. The number of thiazole rings is 1. The van der Waals surface area contributed by atoms with Gasteiger partial charge in [0.25, 0.3) is 9.70 Å². The molecule has 118 valence electrons. The topological polar surface area (TPSA) is 60.5 Å². The first kappa shape index (κ1) is 17.1. The van der Waals surface area contributed by atoms with Gasteiger partial charge < -0.3 is 9.47 Å². The van der Waals surface area contributed by atoms with Crippen molar-refractivity contribution in [3.63, 3.8) is 0 Å². The van der Waals surface area contributed by atoms with Gasteiger partial charge in [-0.25, -0.2) is 4.98 Å². The van der Waals surface area contributed by atoms with Crippen LogP contribution in [-0.2, 0) is 4.79 Å². The van der Waals surface area contributed by atoms with Gasteiger partial charge in [-0.2, -0.15) is 0 Å². The Kier molecular flexibility index (Phi) is 5.39. The Hall–Kier alpha value is -1.21. The second kappa shape index (κ2) is 6.91. The molecule has 1 aromatic carbocycles. The van der Waals surface area contributed by atoms with E-state index < -0.39 is 9.70 Å². The smallest absolute Gasteiger partial charge is 0.278 e. The lowest BCUT2D eigenvalue weighted by molar-refractivity contribution is -0.115. The maximum atomic E-state index is 11.6. The third kappa shape index (κ3) is 3.95. The van der Waals surface area contributed by atoms with Gasteiger partial charge in [0.15, 0.2) is 16.6 Å². The summed E-state index contributed by atoms with van der Waals surface area (Å²) in [6.45, 7) is 0. The fraction of sp³-hybridized carbons (Fsp3) is 0.231. The maximum absolute atomic E-state index is 11.6. The van der Waals surface area contributed by atoms with Gasteiger partial charge in [0.05, 0.1) is 19.9 Å². The Morgan fingerprint density at radius 1 is 1.23 bits per heavy atom. The van der Waals surface area contributed by atoms with E-state index in [0.29, 0.717) is 22.3 Å². The molecule has 0 unspecified atom stereocenters. The molecule has 22 heavy (non-hydrogen) atoms. The fourth-order valence-corrected chi connectivity index (χ4v) is 2.48. The number of amides is 1. The summed E-state index contributed by atoms with van der Waals surface area (Å²) < 4.78 is 8.39. The van der Waals surface area contributed by atoms with Crippen molar-refractivity contribution in [2.45, 2.75) is 3.79 Å². The molecular weight excluding hydrogens is 371 g/mol. The van der Waals surface area contributed by atoms with E-state index in [1.54, 1.807) is 31.7 Å². The Bertz CT molecular complexity index is 685. The van der Waals surface area contributed by atoms with Gasteiger partial charge in [0, 0.05) is 10.9 Å². The zero-order chi connectivity index (χ0) is 16.3. The molecule has 0 saturated heterocycles. The lowest BCUT2D eigenvalue weighted by atomic mass is 10.1. The summed E-state index contributed by atoms with van der Waals surface area (Å²) in [5.74, 6) is 0.441. The van der Waals surface area contributed by atoms with Gasteiger partial charge in [-0.3, -0.25) is 10.1 Å². The molecule has 0 aliphatic rings. The van der Waals surface area contributed by atoms with Crippen LogP contribution in [0.2, 0.25) is 0 Å². The number of anilines is 1. The first-order valence-corrected chi connectivity index (χ1v) is 7.92. The minimum absolute atomic E-state index is 0.334. The van der Waals surface area contributed by atoms with Crippen molar-refractivity contribution < 1.29 is 14.3 Å². The van der Waals surface area contributed by atoms with Crippen LogP contribution in [0.15, 0.2) is 23.6 Å². The van der Waals surface area contributed by atoms with Gasteiger partial charge in [-0.05, 0) is 18.2 Å². The number of nitrogens with one attached hydrogen (secondary N) is 1. The number of hydrogen-bond acceptors (Lipinski definition) is 5. The van der Waals surface area contributed by atoms with Crippen LogP contribution in [0.5, 0.6) is 11.5 Å². The molecule has 0 fully saturated rings. The highest BCUT2D eigenvalue weighted by molar-refractivity contribution is 7.14. The van der Waals surface area contributed by atoms with Crippen LogP contribution in [-0.4, -0.2) is 28.9 Å². The average molecular weight is 382 g/mol. The molecule has 0 spiro atoms. The van der Waals surface area contributed by atoms with E-state index in [-0.39, 0.29) is 0 Å². The number of alkyl halides is 3. The summed E-state index contributed by atoms with van der Waals surface area (Å²) >= 11 is 17.7. The molecule has 1 amide bonds. The van der Waals surface area contributed by atoms with E-state index >= 15 is 0 Å². The number of hydrogen-bond donors (Lipinski definition) is 1. The van der Waals surface area contributed by atoms with E-state index in [9.17, 15) is 4.79 Å². The van der Waals surface area contributed by atoms with Gasteiger partial charge in [0.1, 0.15) is 0 Å². The second-order valence-electron chi connectivity index (χ2n) is 4.06. The normalized spacial score (nSPS) is 11.1. The summed E-state index contributed by atoms with van der Waals surface area (Å²) in [6.07, 6.45) is 0. The van der Waals surface area contributed by atoms with E-state index in [1.807, 2.05) is 6.07 Å². The summed E-state index contributed by atoms with van der Waals surface area (Å²) in [4.78, 5) is 15.9. The van der Waals surface area contributed by atoms with E-state index in [0.717, 1.165) is 5.56 Å². The Morgan fingerprint density at radius 3 is 2.50 bits per heavy atom. The van der Waals surface area contributed by atoms with E-state index in [2.05, 4.69) is 10.3 Å². The van der Waals surface area contributed by atoms with Crippen molar-refractivity contribution in [3.05, 3.63) is 23.6 Å². The predicted molar refractivity (Wildman–Crippen MR) is 89.6 cm³/mol. The van der Waals surface area contributed by atoms with Crippen LogP contribution in [0.25, 0.3) is 11.3 Å². The quantitative estimate of drug-likeness (QED) is 0.809. The number of carbonyl (C=O) groups excluding carboxylic acids is 1. The Labute approximate surface area is 146 Å². The van der Waals surface area contributed by atoms with Crippen LogP contribution in [0.1, 0.15) is 0 Å². The number of benzene rings is 1. The Balaban J connectivity index is 2.23. The Morgan fingerprint density at radius 2 is 1.91 bits per heavy atom. The van der Waals surface area contributed by atoms with Crippen molar-refractivity contribution in [1.82, 2.24) is 4.98 Å². The number of aromatic nitrogens is 1. The summed E-state index contributed by atoms with van der Waals surface area (Å²) in [5, 5.41) is 4.55. The molecule has 0 radical (unpaired) electrons. The molecular formula is C13H11Cl3N2O3S. The van der Waals surface area contributed by atoms with Crippen molar-refractivity contribution in [2.75, 3.05) is 19.5 Å². The van der Waals surface area contributed by atoms with Gasteiger partial charge in [-0.1, -0.05) is 34.8 Å². The largest absolute Gasteiger partial charge is 0.493 e. The standard InChI is InChI=1S/C13H11Cl3N2O3S/c1-20-9-4-3-7(5-10(9)21-2)8-6-22-12(17-8)18-11(19)13(14,15)16/h3-6H,1-2H3,(H,17,18,19). The maximum Gasteiger partial charge on any atom is 0.278 e. The van der Waals surface area contributed by atoms with Gasteiger partial charge in [0.2, 0.25) is 0 Å². The molecule has 0 atom stereocenters. The molecule has 1 heterocycles. The first-order chi connectivity index (χ1) is 10.3. The highest BCUT2D eigenvalue weighted by Crippen LogP contribution is 2.34. The predicted octanol–water partition coefficient (Wildman–Crippen LogP) is 4.14. The van der Waals surface area contributed by atoms with E-state index in [1.165, 1.54) is 11.3 Å². The average Bonchev–Trinajstić information content (AvgIpc) is 2.94. The third-order valence-electron chi connectivity index (χ3n) is 2.66. The summed E-state index contributed by atoms with van der Waals surface area (Å²) in [7, 11) is 3.11. The molecule has 0 aliphatic heterocycles. The van der Waals surface area contributed by atoms with Crippen LogP contribution in [0, 0.1) is 0 Å². The molecule has 5 nitrogen and oxygen atoms in total. The number of rotatable bonds is 4. The zero-order valence-corrected chi connectivity index (χ0v) is 14.6. The lowest BCUT2D eigenvalue weighted by Crippen LogP contribution is -2.26. The third-order valence-corrected chi connectivity index (χ3v) is 3.93. The van der Waals surface area contributed by atoms with Crippen molar-refractivity contribution in [2.24, 2.45) is 0 Å². The molecule has 0 aliphatic carbocycles. The van der Waals surface area contributed by atoms with Crippen molar-refractivity contribution in [1.29, 1.82) is 0 Å². The summed E-state index contributed by atoms with van der Waals surface area (Å²) in [6, 6.07) is 5.39. The van der Waals surface area contributed by atoms with Crippen molar-refractivity contribution in [3.8, 4) is 22.8 Å². The molecule has 0 saturated carbocycles. The van der Waals surface area contributed by atoms with Crippen LogP contribution in [0.3, 0.4) is 0 Å². The fourth-order valence-electron chi connectivity index (χ4n) is 1.63. The van der Waals surface area contributed by atoms with Crippen LogP contribution < -0.4 is 14.8 Å². The first-order valence-electron chi connectivity index (χ1n) is 5.91. The molecule has 0 bridgehead atoms. The SMILES string of the molecule is COc1ccc(-c2csc(NC(=O)C(Cl)(Cl)Cl)n2)cc1OC. The molecule has 9 heteroatoms. The number of ether oxygens (including phenoxy) is 2. The van der Waals surface area contributed by atoms with E-state index in [4.69, 9.17) is 44.3 Å². The molecule has 1 aromatic heterocycles. The van der Waals surface area contributed by atoms with Crippen molar-refractivity contribution >= 4 is 57.2 Å². The molecule has 1 N–H and O–H groups in total. The molecule has 2 aromatic rings. The van der Waals surface area contributed by atoms with Crippen LogP contribution in [0.4, 0.5) is 5.13 Å². The minimum atomic E-state index is -2.03. The molecule has 2 rings (SSSR count). The highest BCUT2D eigenvalue weighted by atomic mass is 35.6. The number of carbonyl (C=O) groups is 1. The highest BCUT2D eigenvalue weighted by Gasteiger charge is 2.31. The number of halogens is 3. The lowest BCUT2D eigenvalue weighted by Gasteiger charge is -2.09. The number of nitrogens with zero attached hydrogens (tertiary/aromatic N) is 1. The second-order valence-corrected chi connectivity index (χ2v) is 7.20. The van der Waals surface area contributed by atoms with Gasteiger partial charge >= 0.3 is 0 Å². The van der Waals surface area contributed by atoms with Crippen LogP contribution >= 0.6 is 46.1 Å². The number of methoxy groups -OCH3 is 2. The minimum Gasteiger partial charge on any atom is -0.493 e. The van der Waals surface area contributed by atoms with Gasteiger partial charge in [-0.15, -0.1) is 11.3 Å². The zero-order valence-electron chi connectivity index (χ0n) is 11.5.